The summed E-state index contributed by atoms with van der Waals surface area (Å²) >= 11 is 4.91. The Balaban J connectivity index is 1.32. The molecule has 27 heavy (non-hydrogen) atoms. The van der Waals surface area contributed by atoms with Crippen molar-refractivity contribution in [3.05, 3.63) is 70.2 Å². The van der Waals surface area contributed by atoms with Gasteiger partial charge in [0, 0.05) is 16.8 Å². The molecule has 0 aliphatic carbocycles. The van der Waals surface area contributed by atoms with Gasteiger partial charge in [-0.3, -0.25) is 4.79 Å². The lowest BCUT2D eigenvalue weighted by Gasteiger charge is -2.04. The molecule has 1 N–H and O–H groups in total. The fourth-order valence-corrected chi connectivity index (χ4v) is 5.38. The number of anilines is 1. The molecular weight excluding hydrogens is 394 g/mol. The molecule has 0 aliphatic heterocycles. The van der Waals surface area contributed by atoms with Gasteiger partial charge in [0.2, 0.25) is 5.91 Å². The molecule has 0 spiro atoms. The number of nitrogens with one attached hydrogen (secondary N) is 1. The smallest absolute Gasteiger partial charge is 0.231 e. The maximum Gasteiger partial charge on any atom is 0.231 e. The van der Waals surface area contributed by atoms with Crippen molar-refractivity contribution < 1.29 is 4.79 Å². The number of carbonyl (C=O) groups is 1. The van der Waals surface area contributed by atoms with Gasteiger partial charge in [0.15, 0.2) is 4.34 Å². The zero-order valence-corrected chi connectivity index (χ0v) is 17.1. The summed E-state index contributed by atoms with van der Waals surface area (Å²) in [5.41, 5.74) is 4.01. The van der Waals surface area contributed by atoms with Crippen molar-refractivity contribution in [2.24, 2.45) is 0 Å². The van der Waals surface area contributed by atoms with Crippen LogP contribution < -0.4 is 5.32 Å². The summed E-state index contributed by atoms with van der Waals surface area (Å²) in [7, 11) is 0. The molecule has 0 radical (unpaired) electrons. The Kier molecular flexibility index (Phi) is 5.52. The monoisotopic (exact) mass is 411 g/mol. The lowest BCUT2D eigenvalue weighted by atomic mass is 10.2. The van der Waals surface area contributed by atoms with Crippen molar-refractivity contribution in [3.63, 3.8) is 0 Å². The number of hydrogen-bond donors (Lipinski definition) is 1. The molecule has 0 unspecified atom stereocenters. The van der Waals surface area contributed by atoms with Gasteiger partial charge in [-0.1, -0.05) is 41.6 Å². The Labute approximate surface area is 169 Å². The Morgan fingerprint density at radius 2 is 1.93 bits per heavy atom. The minimum atomic E-state index is -0.0430. The molecule has 2 aromatic heterocycles. The molecule has 1 amide bonds. The number of amides is 1. The van der Waals surface area contributed by atoms with Crippen molar-refractivity contribution in [2.45, 2.75) is 23.4 Å². The minimum Gasteiger partial charge on any atom is -0.326 e. The summed E-state index contributed by atoms with van der Waals surface area (Å²) in [6.07, 6.45) is 0.296. The number of fused-ring (bicyclic) bond motifs is 1. The van der Waals surface area contributed by atoms with Gasteiger partial charge >= 0.3 is 0 Å². The summed E-state index contributed by atoms with van der Waals surface area (Å²) in [6.45, 7) is 2.02. The zero-order chi connectivity index (χ0) is 18.6. The fraction of sp³-hybridized carbons (Fsp3) is 0.150. The van der Waals surface area contributed by atoms with Crippen molar-refractivity contribution in [1.29, 1.82) is 0 Å². The van der Waals surface area contributed by atoms with Crippen LogP contribution in [0.4, 0.5) is 5.69 Å². The second kappa shape index (κ2) is 8.21. The van der Waals surface area contributed by atoms with Crippen LogP contribution >= 0.6 is 34.4 Å². The average molecular weight is 412 g/mol. The third-order valence-electron chi connectivity index (χ3n) is 3.86. The van der Waals surface area contributed by atoms with E-state index in [-0.39, 0.29) is 5.91 Å². The van der Waals surface area contributed by atoms with E-state index in [9.17, 15) is 4.79 Å². The average Bonchev–Trinajstić information content (AvgIpc) is 3.28. The second-order valence-corrected chi connectivity index (χ2v) is 9.26. The molecule has 0 fully saturated rings. The number of aryl methyl sites for hydroxylation is 1. The Hall–Kier alpha value is -2.22. The molecule has 2 aromatic carbocycles. The maximum atomic E-state index is 12.2. The van der Waals surface area contributed by atoms with Crippen LogP contribution in [0.2, 0.25) is 0 Å². The number of thiazole rings is 2. The molecule has 0 saturated heterocycles. The second-order valence-electron chi connectivity index (χ2n) is 6.06. The van der Waals surface area contributed by atoms with Crippen LogP contribution in [0.25, 0.3) is 10.2 Å². The van der Waals surface area contributed by atoms with Crippen molar-refractivity contribution in [1.82, 2.24) is 9.97 Å². The Bertz CT molecular complexity index is 1040. The van der Waals surface area contributed by atoms with Gasteiger partial charge in [0.05, 0.1) is 22.3 Å². The van der Waals surface area contributed by atoms with E-state index >= 15 is 0 Å². The van der Waals surface area contributed by atoms with Crippen LogP contribution in [-0.2, 0) is 17.0 Å². The summed E-state index contributed by atoms with van der Waals surface area (Å²) in [4.78, 5) is 21.4. The first-order chi connectivity index (χ1) is 13.2. The van der Waals surface area contributed by atoms with E-state index in [4.69, 9.17) is 0 Å². The number of rotatable bonds is 6. The highest BCUT2D eigenvalue weighted by molar-refractivity contribution is 8.00. The van der Waals surface area contributed by atoms with E-state index in [1.54, 1.807) is 23.1 Å². The molecule has 0 atom stereocenters. The number of benzene rings is 2. The number of aromatic nitrogens is 2. The molecular formula is C20H17N3OS3. The van der Waals surface area contributed by atoms with Gasteiger partial charge in [-0.2, -0.15) is 0 Å². The number of hydrogen-bond acceptors (Lipinski definition) is 6. The molecule has 0 saturated carbocycles. The molecule has 4 rings (SSSR count). The Morgan fingerprint density at radius 1 is 1.11 bits per heavy atom. The number of para-hydroxylation sites is 1. The first-order valence-electron chi connectivity index (χ1n) is 8.44. The van der Waals surface area contributed by atoms with Crippen molar-refractivity contribution in [2.75, 3.05) is 5.32 Å². The van der Waals surface area contributed by atoms with Crippen LogP contribution in [0, 0.1) is 6.92 Å². The lowest BCUT2D eigenvalue weighted by molar-refractivity contribution is -0.115. The van der Waals surface area contributed by atoms with E-state index in [2.05, 4.69) is 21.4 Å². The molecule has 4 aromatic rings. The predicted molar refractivity (Wildman–Crippen MR) is 115 cm³/mol. The number of thioether (sulfide) groups is 1. The van der Waals surface area contributed by atoms with Gasteiger partial charge in [0.25, 0.3) is 0 Å². The lowest BCUT2D eigenvalue weighted by Crippen LogP contribution is -2.14. The maximum absolute atomic E-state index is 12.2. The molecule has 7 heteroatoms. The number of nitrogens with zero attached hydrogens (tertiary/aromatic N) is 2. The zero-order valence-electron chi connectivity index (χ0n) is 14.6. The van der Waals surface area contributed by atoms with Gasteiger partial charge in [-0.05, 0) is 31.2 Å². The van der Waals surface area contributed by atoms with E-state index in [1.807, 2.05) is 54.8 Å². The highest BCUT2D eigenvalue weighted by Crippen LogP contribution is 2.31. The highest BCUT2D eigenvalue weighted by atomic mass is 32.2. The first-order valence-corrected chi connectivity index (χ1v) is 11.1. The largest absolute Gasteiger partial charge is 0.326 e. The van der Waals surface area contributed by atoms with Crippen molar-refractivity contribution in [3.8, 4) is 0 Å². The normalized spacial score (nSPS) is 11.0. The molecule has 4 nitrogen and oxygen atoms in total. The number of carbonyl (C=O) groups excluding carboxylic acids is 1. The van der Waals surface area contributed by atoms with Gasteiger partial charge in [0.1, 0.15) is 5.01 Å². The van der Waals surface area contributed by atoms with Crippen LogP contribution in [-0.4, -0.2) is 15.9 Å². The van der Waals surface area contributed by atoms with Crippen LogP contribution in [0.15, 0.2) is 58.3 Å². The first kappa shape index (κ1) is 18.2. The van der Waals surface area contributed by atoms with Gasteiger partial charge in [-0.25, -0.2) is 9.97 Å². The summed E-state index contributed by atoms with van der Waals surface area (Å²) in [5, 5.41) is 5.77. The van der Waals surface area contributed by atoms with Crippen LogP contribution in [0.1, 0.15) is 16.3 Å². The minimum absolute atomic E-state index is 0.0430. The summed E-state index contributed by atoms with van der Waals surface area (Å²) in [6, 6.07) is 15.9. The van der Waals surface area contributed by atoms with E-state index in [1.165, 1.54) is 21.6 Å². The Morgan fingerprint density at radius 3 is 2.74 bits per heavy atom. The fourth-order valence-electron chi connectivity index (χ4n) is 2.52. The predicted octanol–water partition coefficient (Wildman–Crippen LogP) is 5.53. The summed E-state index contributed by atoms with van der Waals surface area (Å²) in [5.74, 6) is 0.717. The topological polar surface area (TPSA) is 54.9 Å². The summed E-state index contributed by atoms with van der Waals surface area (Å²) < 4.78 is 2.25. The standard InChI is InChI=1S/C20H17N3OS3/c1-13-6-8-14(9-7-13)21-18(24)10-19-22-15(11-25-19)12-26-20-23-16-4-2-3-5-17(16)27-20/h2-9,11H,10,12H2,1H3,(H,21,24). The SMILES string of the molecule is Cc1ccc(NC(=O)Cc2nc(CSc3nc4ccccc4s3)cs2)cc1. The highest BCUT2D eigenvalue weighted by Gasteiger charge is 2.10. The van der Waals surface area contributed by atoms with E-state index in [0.717, 1.165) is 32.0 Å². The third-order valence-corrected chi connectivity index (χ3v) is 6.97. The van der Waals surface area contributed by atoms with Crippen LogP contribution in [0.3, 0.4) is 0 Å². The molecule has 136 valence electrons. The molecule has 0 aliphatic rings. The van der Waals surface area contributed by atoms with Crippen molar-refractivity contribution >= 4 is 56.2 Å². The third kappa shape index (κ3) is 4.74. The van der Waals surface area contributed by atoms with Crippen LogP contribution in [0.5, 0.6) is 0 Å². The molecule has 0 bridgehead atoms. The molecule has 2 heterocycles. The van der Waals surface area contributed by atoms with E-state index in [0.29, 0.717) is 6.42 Å². The quantitative estimate of drug-likeness (QED) is 0.424. The van der Waals surface area contributed by atoms with E-state index < -0.39 is 0 Å². The van der Waals surface area contributed by atoms with Gasteiger partial charge in [-0.15, -0.1) is 22.7 Å². The van der Waals surface area contributed by atoms with Gasteiger partial charge < -0.3 is 5.32 Å².